The molecule has 1 amide bonds. The van der Waals surface area contributed by atoms with Crippen LogP contribution in [0, 0.1) is 0 Å². The maximum absolute atomic E-state index is 12.3. The van der Waals surface area contributed by atoms with E-state index >= 15 is 0 Å². The number of hydrogen-bond donors (Lipinski definition) is 0. The Balaban J connectivity index is 2.19. The van der Waals surface area contributed by atoms with Crippen molar-refractivity contribution in [3.63, 3.8) is 0 Å². The van der Waals surface area contributed by atoms with Gasteiger partial charge in [0.05, 0.1) is 25.3 Å². The van der Waals surface area contributed by atoms with Crippen LogP contribution in [0.3, 0.4) is 0 Å². The molecule has 132 valence electrons. The van der Waals surface area contributed by atoms with Crippen LogP contribution in [0.25, 0.3) is 0 Å². The van der Waals surface area contributed by atoms with Crippen LogP contribution in [0.1, 0.15) is 50.0 Å². The molecule has 0 bridgehead atoms. The summed E-state index contributed by atoms with van der Waals surface area (Å²) >= 11 is 0. The van der Waals surface area contributed by atoms with Gasteiger partial charge < -0.3 is 19.1 Å². The maximum atomic E-state index is 12.3. The molecule has 2 rings (SSSR count). The molecule has 0 fully saturated rings. The predicted molar refractivity (Wildman–Crippen MR) is 89.2 cm³/mol. The summed E-state index contributed by atoms with van der Waals surface area (Å²) in [5, 5.41) is 0. The van der Waals surface area contributed by atoms with Crippen molar-refractivity contribution in [2.75, 3.05) is 19.8 Å². The second-order valence-corrected chi connectivity index (χ2v) is 6.65. The van der Waals surface area contributed by atoms with Crippen LogP contribution in [0.5, 0.6) is 5.75 Å². The number of carbonyl (C=O) groups excluding carboxylic acids is 2. The van der Waals surface area contributed by atoms with E-state index in [1.54, 1.807) is 30.0 Å². The lowest BCUT2D eigenvalue weighted by molar-refractivity contribution is 0.0214. The summed E-state index contributed by atoms with van der Waals surface area (Å²) in [6.07, 6.45) is 0.354. The number of rotatable bonds is 2. The quantitative estimate of drug-likeness (QED) is 0.775. The van der Waals surface area contributed by atoms with Crippen LogP contribution in [0.2, 0.25) is 0 Å². The third-order valence-corrected chi connectivity index (χ3v) is 3.42. The van der Waals surface area contributed by atoms with Gasteiger partial charge in [-0.3, -0.25) is 0 Å². The third kappa shape index (κ3) is 4.88. The van der Waals surface area contributed by atoms with Gasteiger partial charge in [-0.15, -0.1) is 0 Å². The first kappa shape index (κ1) is 18.1. The molecule has 0 aromatic heterocycles. The topological polar surface area (TPSA) is 65.1 Å². The first-order valence-electron chi connectivity index (χ1n) is 8.21. The number of hydrogen-bond acceptors (Lipinski definition) is 5. The van der Waals surface area contributed by atoms with E-state index in [9.17, 15) is 9.59 Å². The molecule has 6 nitrogen and oxygen atoms in total. The Bertz CT molecular complexity index is 606. The van der Waals surface area contributed by atoms with E-state index in [-0.39, 0.29) is 12.1 Å². The van der Waals surface area contributed by atoms with E-state index in [0.717, 1.165) is 5.56 Å². The molecular weight excluding hydrogens is 310 g/mol. The Labute approximate surface area is 142 Å². The first-order chi connectivity index (χ1) is 11.3. The van der Waals surface area contributed by atoms with Crippen LogP contribution in [-0.2, 0) is 16.0 Å². The summed E-state index contributed by atoms with van der Waals surface area (Å²) in [5.74, 6) is 0.226. The standard InChI is InChI=1S/C18H25NO5/c1-5-22-16(20)13-7-8-14-12-19(17(21)24-18(2,3)4)9-6-10-23-15(14)11-13/h7-8,11H,5-6,9-10,12H2,1-4H3. The Morgan fingerprint density at radius 1 is 1.29 bits per heavy atom. The van der Waals surface area contributed by atoms with Gasteiger partial charge in [0, 0.05) is 12.1 Å². The van der Waals surface area contributed by atoms with Crippen molar-refractivity contribution < 1.29 is 23.8 Å². The number of ether oxygens (including phenoxy) is 3. The normalized spacial score (nSPS) is 14.8. The molecule has 0 saturated heterocycles. The summed E-state index contributed by atoms with van der Waals surface area (Å²) in [4.78, 5) is 25.9. The highest BCUT2D eigenvalue weighted by atomic mass is 16.6. The van der Waals surface area contributed by atoms with Crippen molar-refractivity contribution in [1.82, 2.24) is 4.90 Å². The zero-order valence-electron chi connectivity index (χ0n) is 14.8. The van der Waals surface area contributed by atoms with Gasteiger partial charge >= 0.3 is 12.1 Å². The lowest BCUT2D eigenvalue weighted by Gasteiger charge is -2.29. The average molecular weight is 335 g/mol. The fourth-order valence-corrected chi connectivity index (χ4v) is 2.37. The largest absolute Gasteiger partial charge is 0.493 e. The van der Waals surface area contributed by atoms with Gasteiger partial charge in [0.2, 0.25) is 0 Å². The first-order valence-corrected chi connectivity index (χ1v) is 8.21. The Morgan fingerprint density at radius 2 is 2.04 bits per heavy atom. The Hall–Kier alpha value is -2.24. The molecule has 1 aromatic rings. The maximum Gasteiger partial charge on any atom is 0.410 e. The van der Waals surface area contributed by atoms with E-state index in [0.29, 0.717) is 44.0 Å². The SMILES string of the molecule is CCOC(=O)c1ccc2c(c1)OCCCN(C(=O)OC(C)(C)C)C2. The Kier molecular flexibility index (Phi) is 5.70. The molecular formula is C18H25NO5. The zero-order chi connectivity index (χ0) is 17.7. The molecule has 1 aromatic carbocycles. The second-order valence-electron chi connectivity index (χ2n) is 6.65. The van der Waals surface area contributed by atoms with Gasteiger partial charge in [-0.1, -0.05) is 6.07 Å². The van der Waals surface area contributed by atoms with Crippen LogP contribution in [0.15, 0.2) is 18.2 Å². The molecule has 0 aliphatic carbocycles. The molecule has 0 N–H and O–H groups in total. The molecule has 24 heavy (non-hydrogen) atoms. The van der Waals surface area contributed by atoms with E-state index in [4.69, 9.17) is 14.2 Å². The number of benzene rings is 1. The van der Waals surface area contributed by atoms with Crippen LogP contribution in [-0.4, -0.2) is 42.3 Å². The fraction of sp³-hybridized carbons (Fsp3) is 0.556. The van der Waals surface area contributed by atoms with Gasteiger partial charge in [0.25, 0.3) is 0 Å². The molecule has 0 atom stereocenters. The highest BCUT2D eigenvalue weighted by molar-refractivity contribution is 5.90. The van der Waals surface area contributed by atoms with Gasteiger partial charge in [-0.05, 0) is 46.2 Å². The molecule has 0 spiro atoms. The summed E-state index contributed by atoms with van der Waals surface area (Å²) in [6, 6.07) is 5.16. The van der Waals surface area contributed by atoms with Gasteiger partial charge in [-0.25, -0.2) is 9.59 Å². The minimum Gasteiger partial charge on any atom is -0.493 e. The van der Waals surface area contributed by atoms with Crippen molar-refractivity contribution in [1.29, 1.82) is 0 Å². The zero-order valence-corrected chi connectivity index (χ0v) is 14.8. The number of fused-ring (bicyclic) bond motifs is 1. The van der Waals surface area contributed by atoms with E-state index < -0.39 is 5.60 Å². The lowest BCUT2D eigenvalue weighted by atomic mass is 10.1. The van der Waals surface area contributed by atoms with E-state index in [2.05, 4.69) is 0 Å². The number of carbonyl (C=O) groups is 2. The molecule has 0 saturated carbocycles. The van der Waals surface area contributed by atoms with Crippen LogP contribution in [0.4, 0.5) is 4.79 Å². The molecule has 1 aliphatic rings. The Morgan fingerprint density at radius 3 is 2.71 bits per heavy atom. The molecule has 0 radical (unpaired) electrons. The minimum absolute atomic E-state index is 0.323. The average Bonchev–Trinajstić information content (AvgIpc) is 2.46. The van der Waals surface area contributed by atoms with E-state index in [1.165, 1.54) is 0 Å². The summed E-state index contributed by atoms with van der Waals surface area (Å²) < 4.78 is 16.2. The predicted octanol–water partition coefficient (Wildman–Crippen LogP) is 3.38. The van der Waals surface area contributed by atoms with Crippen molar-refractivity contribution in [3.05, 3.63) is 29.3 Å². The van der Waals surface area contributed by atoms with Crippen molar-refractivity contribution in [2.24, 2.45) is 0 Å². The highest BCUT2D eigenvalue weighted by Gasteiger charge is 2.24. The molecule has 1 heterocycles. The van der Waals surface area contributed by atoms with Crippen molar-refractivity contribution in [3.8, 4) is 5.75 Å². The minimum atomic E-state index is -0.535. The number of nitrogens with zero attached hydrogens (tertiary/aromatic N) is 1. The van der Waals surface area contributed by atoms with Crippen LogP contribution >= 0.6 is 0 Å². The third-order valence-electron chi connectivity index (χ3n) is 3.42. The number of esters is 1. The van der Waals surface area contributed by atoms with Crippen LogP contribution < -0.4 is 4.74 Å². The summed E-state index contributed by atoms with van der Waals surface area (Å²) in [6.45, 7) is 9.04. The van der Waals surface area contributed by atoms with E-state index in [1.807, 2.05) is 20.8 Å². The second kappa shape index (κ2) is 7.55. The number of amides is 1. The highest BCUT2D eigenvalue weighted by Crippen LogP contribution is 2.25. The molecule has 1 aliphatic heterocycles. The monoisotopic (exact) mass is 335 g/mol. The molecule has 6 heteroatoms. The van der Waals surface area contributed by atoms with Gasteiger partial charge in [0.15, 0.2) is 0 Å². The fourth-order valence-electron chi connectivity index (χ4n) is 2.37. The van der Waals surface area contributed by atoms with Gasteiger partial charge in [-0.2, -0.15) is 0 Å². The summed E-state index contributed by atoms with van der Waals surface area (Å²) in [7, 11) is 0. The lowest BCUT2D eigenvalue weighted by Crippen LogP contribution is -2.38. The van der Waals surface area contributed by atoms with Crippen molar-refractivity contribution in [2.45, 2.75) is 46.3 Å². The molecule has 0 unspecified atom stereocenters. The smallest absolute Gasteiger partial charge is 0.410 e. The van der Waals surface area contributed by atoms with Gasteiger partial charge in [0.1, 0.15) is 11.4 Å². The van der Waals surface area contributed by atoms with Crippen molar-refractivity contribution >= 4 is 12.1 Å². The summed E-state index contributed by atoms with van der Waals surface area (Å²) in [5.41, 5.74) is 0.751.